The predicted molar refractivity (Wildman–Crippen MR) is 89.4 cm³/mol. The molecule has 1 aromatic rings. The highest BCUT2D eigenvalue weighted by Crippen LogP contribution is 2.27. The Morgan fingerprint density at radius 2 is 2.13 bits per heavy atom. The van der Waals surface area contributed by atoms with Crippen molar-refractivity contribution in [1.82, 2.24) is 9.80 Å². The first-order valence-electron chi connectivity index (χ1n) is 7.74. The summed E-state index contributed by atoms with van der Waals surface area (Å²) < 4.78 is 29.3. The Balaban J connectivity index is 1.74. The van der Waals surface area contributed by atoms with Crippen LogP contribution in [0.25, 0.3) is 0 Å². The highest BCUT2D eigenvalue weighted by atomic mass is 32.2. The second-order valence-electron chi connectivity index (χ2n) is 6.14. The highest BCUT2D eigenvalue weighted by molar-refractivity contribution is 7.91. The van der Waals surface area contributed by atoms with Crippen molar-refractivity contribution < 1.29 is 17.9 Å². The summed E-state index contributed by atoms with van der Waals surface area (Å²) in [6, 6.07) is 1.62. The Labute approximate surface area is 140 Å². The topological polar surface area (TPSA) is 66.9 Å². The summed E-state index contributed by atoms with van der Waals surface area (Å²) in [4.78, 5) is 16.6. The molecular formula is C15H22N2O4S2. The number of hydrogen-bond acceptors (Lipinski definition) is 6. The van der Waals surface area contributed by atoms with Crippen LogP contribution in [0.15, 0.2) is 16.8 Å². The standard InChI is InChI=1S/C15H22N2O4S2/c1-21-6-5-16-3-4-17(14-11-23(19,20)10-13(14)16)15(18)8-12-2-7-22-9-12/h2,7,9,13-14H,3-6,8,10-11H2,1H3. The lowest BCUT2D eigenvalue weighted by molar-refractivity contribution is -0.136. The lowest BCUT2D eigenvalue weighted by Crippen LogP contribution is -2.61. The molecule has 2 unspecified atom stereocenters. The van der Waals surface area contributed by atoms with Crippen molar-refractivity contribution in [3.05, 3.63) is 22.4 Å². The van der Waals surface area contributed by atoms with E-state index in [4.69, 9.17) is 4.74 Å². The lowest BCUT2D eigenvalue weighted by Gasteiger charge is -2.43. The van der Waals surface area contributed by atoms with E-state index in [2.05, 4.69) is 4.90 Å². The van der Waals surface area contributed by atoms with Gasteiger partial charge in [0.1, 0.15) is 0 Å². The van der Waals surface area contributed by atoms with E-state index in [1.807, 2.05) is 16.8 Å². The van der Waals surface area contributed by atoms with Gasteiger partial charge in [0, 0.05) is 32.8 Å². The molecule has 0 bridgehead atoms. The SMILES string of the molecule is COCCN1CCN(C(=O)Cc2ccsc2)C2CS(=O)(=O)CC21. The first kappa shape index (κ1) is 16.9. The number of methoxy groups -OCH3 is 1. The van der Waals surface area contributed by atoms with Crippen LogP contribution in [0.5, 0.6) is 0 Å². The molecule has 0 radical (unpaired) electrons. The van der Waals surface area contributed by atoms with E-state index in [9.17, 15) is 13.2 Å². The van der Waals surface area contributed by atoms with Crippen LogP contribution in [0.1, 0.15) is 5.56 Å². The third kappa shape index (κ3) is 3.76. The molecule has 0 saturated carbocycles. The van der Waals surface area contributed by atoms with Gasteiger partial charge < -0.3 is 9.64 Å². The van der Waals surface area contributed by atoms with Gasteiger partial charge in [-0.05, 0) is 22.4 Å². The van der Waals surface area contributed by atoms with Crippen LogP contribution in [0.2, 0.25) is 0 Å². The van der Waals surface area contributed by atoms with Gasteiger partial charge in [0.2, 0.25) is 5.91 Å². The third-order valence-corrected chi connectivity index (χ3v) is 7.06. The first-order valence-corrected chi connectivity index (χ1v) is 10.5. The summed E-state index contributed by atoms with van der Waals surface area (Å²) in [5, 5.41) is 3.92. The Morgan fingerprint density at radius 3 is 2.83 bits per heavy atom. The fraction of sp³-hybridized carbons (Fsp3) is 0.667. The number of nitrogens with zero attached hydrogens (tertiary/aromatic N) is 2. The van der Waals surface area contributed by atoms with Crippen molar-refractivity contribution in [3.8, 4) is 0 Å². The molecule has 0 N–H and O–H groups in total. The van der Waals surface area contributed by atoms with Gasteiger partial charge in [-0.25, -0.2) is 8.42 Å². The number of sulfone groups is 1. The fourth-order valence-corrected chi connectivity index (χ4v) is 6.17. The average Bonchev–Trinajstić information content (AvgIpc) is 3.10. The van der Waals surface area contributed by atoms with E-state index < -0.39 is 9.84 Å². The minimum atomic E-state index is -3.09. The van der Waals surface area contributed by atoms with Crippen molar-refractivity contribution in [2.24, 2.45) is 0 Å². The molecule has 2 atom stereocenters. The smallest absolute Gasteiger partial charge is 0.227 e. The van der Waals surface area contributed by atoms with Gasteiger partial charge in [-0.2, -0.15) is 11.3 Å². The van der Waals surface area contributed by atoms with Crippen molar-refractivity contribution in [2.75, 3.05) is 44.9 Å². The zero-order chi connectivity index (χ0) is 16.4. The number of piperazine rings is 1. The van der Waals surface area contributed by atoms with Crippen LogP contribution < -0.4 is 0 Å². The molecule has 2 saturated heterocycles. The van der Waals surface area contributed by atoms with Crippen molar-refractivity contribution >= 4 is 27.1 Å². The number of ether oxygens (including phenoxy) is 1. The second-order valence-corrected chi connectivity index (χ2v) is 9.07. The zero-order valence-corrected chi connectivity index (χ0v) is 14.8. The maximum Gasteiger partial charge on any atom is 0.227 e. The van der Waals surface area contributed by atoms with Crippen LogP contribution in [0.4, 0.5) is 0 Å². The summed E-state index contributed by atoms with van der Waals surface area (Å²) in [6.45, 7) is 2.57. The number of fused-ring (bicyclic) bond motifs is 1. The van der Waals surface area contributed by atoms with Gasteiger partial charge in [-0.1, -0.05) is 0 Å². The van der Waals surface area contributed by atoms with Gasteiger partial charge in [0.15, 0.2) is 9.84 Å². The first-order chi connectivity index (χ1) is 11.0. The van der Waals surface area contributed by atoms with Gasteiger partial charge in [-0.15, -0.1) is 0 Å². The molecule has 0 spiro atoms. The molecule has 23 heavy (non-hydrogen) atoms. The van der Waals surface area contributed by atoms with E-state index in [1.165, 1.54) is 0 Å². The number of amides is 1. The summed E-state index contributed by atoms with van der Waals surface area (Å²) in [6.07, 6.45) is 0.352. The predicted octanol–water partition coefficient (Wildman–Crippen LogP) is 0.247. The van der Waals surface area contributed by atoms with Gasteiger partial charge in [-0.3, -0.25) is 9.69 Å². The van der Waals surface area contributed by atoms with Gasteiger partial charge in [0.25, 0.3) is 0 Å². The molecule has 0 aliphatic carbocycles. The van der Waals surface area contributed by atoms with E-state index in [0.717, 1.165) is 5.56 Å². The fourth-order valence-electron chi connectivity index (χ4n) is 3.49. The molecule has 1 aromatic heterocycles. The Kier molecular flexibility index (Phi) is 5.05. The van der Waals surface area contributed by atoms with Crippen molar-refractivity contribution in [1.29, 1.82) is 0 Å². The molecule has 2 aliphatic rings. The van der Waals surface area contributed by atoms with E-state index in [-0.39, 0.29) is 29.5 Å². The Morgan fingerprint density at radius 1 is 1.35 bits per heavy atom. The van der Waals surface area contributed by atoms with E-state index in [1.54, 1.807) is 23.3 Å². The lowest BCUT2D eigenvalue weighted by atomic mass is 10.0. The second kappa shape index (κ2) is 6.88. The van der Waals surface area contributed by atoms with Crippen LogP contribution in [0.3, 0.4) is 0 Å². The number of rotatable bonds is 5. The van der Waals surface area contributed by atoms with Gasteiger partial charge in [0.05, 0.1) is 30.6 Å². The summed E-state index contributed by atoms with van der Waals surface area (Å²) in [5.74, 6) is 0.252. The molecule has 3 heterocycles. The highest BCUT2D eigenvalue weighted by Gasteiger charge is 2.47. The minimum absolute atomic E-state index is 0.0295. The van der Waals surface area contributed by atoms with Crippen LogP contribution >= 0.6 is 11.3 Å². The Bertz CT molecular complexity index is 644. The molecule has 128 valence electrons. The molecule has 2 aliphatic heterocycles. The maximum absolute atomic E-state index is 12.6. The van der Waals surface area contributed by atoms with E-state index in [0.29, 0.717) is 32.7 Å². The molecular weight excluding hydrogens is 336 g/mol. The molecule has 6 nitrogen and oxygen atoms in total. The largest absolute Gasteiger partial charge is 0.383 e. The van der Waals surface area contributed by atoms with Gasteiger partial charge >= 0.3 is 0 Å². The third-order valence-electron chi connectivity index (χ3n) is 4.63. The number of hydrogen-bond donors (Lipinski definition) is 0. The summed E-state index contributed by atoms with van der Waals surface area (Å²) >= 11 is 1.57. The minimum Gasteiger partial charge on any atom is -0.383 e. The molecule has 1 amide bonds. The molecule has 3 rings (SSSR count). The molecule has 0 aromatic carbocycles. The van der Waals surface area contributed by atoms with Crippen LogP contribution in [0, 0.1) is 0 Å². The molecule has 2 fully saturated rings. The maximum atomic E-state index is 12.6. The quantitative estimate of drug-likeness (QED) is 0.755. The van der Waals surface area contributed by atoms with Crippen molar-refractivity contribution in [2.45, 2.75) is 18.5 Å². The zero-order valence-electron chi connectivity index (χ0n) is 13.2. The normalized spacial score (nSPS) is 27.1. The summed E-state index contributed by atoms with van der Waals surface area (Å²) in [7, 11) is -1.45. The Hall–Kier alpha value is -0.960. The summed E-state index contributed by atoms with van der Waals surface area (Å²) in [5.41, 5.74) is 0.999. The van der Waals surface area contributed by atoms with E-state index >= 15 is 0 Å². The number of carbonyl (C=O) groups excluding carboxylic acids is 1. The van der Waals surface area contributed by atoms with Crippen LogP contribution in [-0.2, 0) is 25.8 Å². The monoisotopic (exact) mass is 358 g/mol. The van der Waals surface area contributed by atoms with Crippen LogP contribution in [-0.4, -0.2) is 81.1 Å². The molecule has 8 heteroatoms. The number of thiophene rings is 1. The van der Waals surface area contributed by atoms with Crippen molar-refractivity contribution in [3.63, 3.8) is 0 Å². The number of carbonyl (C=O) groups is 1. The average molecular weight is 358 g/mol.